The third-order valence-corrected chi connectivity index (χ3v) is 7.11. The standard InChI is InChI=1S/C25H28F3N3O4/c1-16-2-4-18(12-19(16)26)34-15-20(32)31-25-9-6-24(7-10-25,8-11-25)22(33)30-14-17-3-5-21(29-13-17)35-23(27)28/h2-5,12-13,23H,6-11,14-15H2,1H3,(H,30,33)(H,31,32). The van der Waals surface area contributed by atoms with Gasteiger partial charge in [-0.3, -0.25) is 9.59 Å². The first kappa shape index (κ1) is 24.8. The molecule has 10 heteroatoms. The molecule has 0 spiro atoms. The lowest BCUT2D eigenvalue weighted by Crippen LogP contribution is -2.60. The second-order valence-electron chi connectivity index (χ2n) is 9.37. The molecule has 0 unspecified atom stereocenters. The van der Waals surface area contributed by atoms with Crippen molar-refractivity contribution < 1.29 is 32.2 Å². The summed E-state index contributed by atoms with van der Waals surface area (Å²) in [5.74, 6) is -0.575. The van der Waals surface area contributed by atoms with Gasteiger partial charge < -0.3 is 20.1 Å². The van der Waals surface area contributed by atoms with Crippen molar-refractivity contribution in [1.82, 2.24) is 15.6 Å². The van der Waals surface area contributed by atoms with E-state index in [0.29, 0.717) is 55.4 Å². The zero-order valence-corrected chi connectivity index (χ0v) is 19.4. The lowest BCUT2D eigenvalue weighted by Gasteiger charge is -2.52. The van der Waals surface area contributed by atoms with Crippen molar-refractivity contribution in [2.45, 2.75) is 64.1 Å². The highest BCUT2D eigenvalue weighted by molar-refractivity contribution is 5.83. The van der Waals surface area contributed by atoms with Crippen LogP contribution in [0.4, 0.5) is 13.2 Å². The van der Waals surface area contributed by atoms with Gasteiger partial charge in [-0.2, -0.15) is 8.78 Å². The van der Waals surface area contributed by atoms with E-state index >= 15 is 0 Å². The number of aryl methyl sites for hydroxylation is 1. The SMILES string of the molecule is Cc1ccc(OCC(=O)NC23CCC(C(=O)NCc4ccc(OC(F)F)nc4)(CC2)CC3)cc1F. The van der Waals surface area contributed by atoms with Crippen LogP contribution < -0.4 is 20.1 Å². The number of alkyl halides is 2. The Morgan fingerprint density at radius 3 is 2.40 bits per heavy atom. The maximum absolute atomic E-state index is 13.7. The number of benzene rings is 1. The van der Waals surface area contributed by atoms with Crippen LogP contribution in [0.2, 0.25) is 0 Å². The zero-order chi connectivity index (χ0) is 25.1. The van der Waals surface area contributed by atoms with E-state index in [4.69, 9.17) is 4.74 Å². The minimum Gasteiger partial charge on any atom is -0.484 e. The van der Waals surface area contributed by atoms with Gasteiger partial charge in [0.1, 0.15) is 11.6 Å². The second-order valence-corrected chi connectivity index (χ2v) is 9.37. The Morgan fingerprint density at radius 1 is 1.09 bits per heavy atom. The quantitative estimate of drug-likeness (QED) is 0.553. The number of halogens is 3. The topological polar surface area (TPSA) is 89.5 Å². The number of carbonyl (C=O) groups is 2. The fraction of sp³-hybridized carbons (Fsp3) is 0.480. The summed E-state index contributed by atoms with van der Waals surface area (Å²) in [6.07, 6.45) is 5.42. The average Bonchev–Trinajstić information content (AvgIpc) is 2.85. The number of ether oxygens (including phenoxy) is 2. The molecule has 0 radical (unpaired) electrons. The summed E-state index contributed by atoms with van der Waals surface area (Å²) in [5, 5.41) is 6.03. The monoisotopic (exact) mass is 491 g/mol. The third-order valence-electron chi connectivity index (χ3n) is 7.11. The Labute approximate surface area is 201 Å². The van der Waals surface area contributed by atoms with Gasteiger partial charge in [0.05, 0.1) is 0 Å². The van der Waals surface area contributed by atoms with E-state index < -0.39 is 12.0 Å². The van der Waals surface area contributed by atoms with Crippen LogP contribution in [0.1, 0.15) is 49.7 Å². The van der Waals surface area contributed by atoms with Gasteiger partial charge in [-0.1, -0.05) is 12.1 Å². The number of carbonyl (C=O) groups excluding carboxylic acids is 2. The van der Waals surface area contributed by atoms with Crippen LogP contribution in [0.3, 0.4) is 0 Å². The first-order valence-corrected chi connectivity index (χ1v) is 11.6. The van der Waals surface area contributed by atoms with Crippen molar-refractivity contribution in [3.63, 3.8) is 0 Å². The number of nitrogens with one attached hydrogen (secondary N) is 2. The molecule has 2 amide bonds. The Kier molecular flexibility index (Phi) is 7.18. The van der Waals surface area contributed by atoms with Gasteiger partial charge in [0.25, 0.3) is 5.91 Å². The fourth-order valence-corrected chi connectivity index (χ4v) is 4.90. The van der Waals surface area contributed by atoms with Gasteiger partial charge >= 0.3 is 6.61 Å². The molecule has 7 nitrogen and oxygen atoms in total. The van der Waals surface area contributed by atoms with Gasteiger partial charge in [-0.15, -0.1) is 0 Å². The molecule has 3 aliphatic rings. The van der Waals surface area contributed by atoms with Crippen molar-refractivity contribution >= 4 is 11.8 Å². The molecule has 1 aromatic carbocycles. The predicted molar refractivity (Wildman–Crippen MR) is 120 cm³/mol. The van der Waals surface area contributed by atoms with E-state index in [-0.39, 0.29) is 42.2 Å². The molecule has 3 aliphatic carbocycles. The summed E-state index contributed by atoms with van der Waals surface area (Å²) in [6, 6.07) is 7.40. The van der Waals surface area contributed by atoms with Crippen molar-refractivity contribution in [3.05, 3.63) is 53.5 Å². The third kappa shape index (κ3) is 5.86. The van der Waals surface area contributed by atoms with Crippen LogP contribution >= 0.6 is 0 Å². The van der Waals surface area contributed by atoms with Crippen LogP contribution in [0, 0.1) is 18.2 Å². The van der Waals surface area contributed by atoms with Gasteiger partial charge in [-0.05, 0) is 62.6 Å². The average molecular weight is 492 g/mol. The molecule has 0 aliphatic heterocycles. The molecule has 5 rings (SSSR count). The lowest BCUT2D eigenvalue weighted by atomic mass is 9.57. The number of nitrogens with zero attached hydrogens (tertiary/aromatic N) is 1. The number of hydrogen-bond acceptors (Lipinski definition) is 5. The lowest BCUT2D eigenvalue weighted by molar-refractivity contribution is -0.140. The highest BCUT2D eigenvalue weighted by Gasteiger charge is 2.52. The summed E-state index contributed by atoms with van der Waals surface area (Å²) < 4.78 is 47.8. The van der Waals surface area contributed by atoms with E-state index in [1.165, 1.54) is 18.3 Å². The first-order chi connectivity index (χ1) is 16.7. The number of pyridine rings is 1. The predicted octanol–water partition coefficient (Wildman–Crippen LogP) is 4.03. The molecule has 2 bridgehead atoms. The first-order valence-electron chi connectivity index (χ1n) is 11.6. The molecule has 3 fully saturated rings. The minimum atomic E-state index is -2.94. The normalized spacial score (nSPS) is 23.1. The van der Waals surface area contributed by atoms with Crippen LogP contribution in [0.5, 0.6) is 11.6 Å². The molecule has 0 atom stereocenters. The summed E-state index contributed by atoms with van der Waals surface area (Å²) in [5.41, 5.74) is 0.352. The minimum absolute atomic E-state index is 0.0465. The second kappa shape index (κ2) is 10.1. The summed E-state index contributed by atoms with van der Waals surface area (Å²) in [6.45, 7) is -1.25. The van der Waals surface area contributed by atoms with Crippen LogP contribution in [0.15, 0.2) is 36.5 Å². The van der Waals surface area contributed by atoms with E-state index in [9.17, 15) is 22.8 Å². The number of hydrogen-bond donors (Lipinski definition) is 2. The summed E-state index contributed by atoms with van der Waals surface area (Å²) in [7, 11) is 0. The molecule has 2 N–H and O–H groups in total. The van der Waals surface area contributed by atoms with Crippen molar-refractivity contribution in [3.8, 4) is 11.6 Å². The van der Waals surface area contributed by atoms with Gasteiger partial charge in [0.2, 0.25) is 11.8 Å². The molecular formula is C25H28F3N3O4. The molecular weight excluding hydrogens is 463 g/mol. The Balaban J connectivity index is 1.25. The van der Waals surface area contributed by atoms with Crippen molar-refractivity contribution in [1.29, 1.82) is 0 Å². The number of fused-ring (bicyclic) bond motifs is 3. The smallest absolute Gasteiger partial charge is 0.388 e. The molecule has 188 valence electrons. The van der Waals surface area contributed by atoms with Crippen molar-refractivity contribution in [2.75, 3.05) is 6.61 Å². The van der Waals surface area contributed by atoms with Crippen molar-refractivity contribution in [2.24, 2.45) is 5.41 Å². The zero-order valence-electron chi connectivity index (χ0n) is 19.4. The highest BCUT2D eigenvalue weighted by Crippen LogP contribution is 2.52. The largest absolute Gasteiger partial charge is 0.484 e. The number of amides is 2. The van der Waals surface area contributed by atoms with E-state index in [0.717, 1.165) is 0 Å². The fourth-order valence-electron chi connectivity index (χ4n) is 4.90. The van der Waals surface area contributed by atoms with Crippen LogP contribution in [-0.4, -0.2) is 35.6 Å². The Morgan fingerprint density at radius 2 is 1.80 bits per heavy atom. The van der Waals surface area contributed by atoms with E-state index in [1.54, 1.807) is 25.1 Å². The van der Waals surface area contributed by atoms with Gasteiger partial charge in [0, 0.05) is 35.8 Å². The molecule has 0 saturated heterocycles. The molecule has 35 heavy (non-hydrogen) atoms. The molecule has 1 heterocycles. The summed E-state index contributed by atoms with van der Waals surface area (Å²) >= 11 is 0. The summed E-state index contributed by atoms with van der Waals surface area (Å²) in [4.78, 5) is 29.3. The van der Waals surface area contributed by atoms with Crippen LogP contribution in [0.25, 0.3) is 0 Å². The van der Waals surface area contributed by atoms with Gasteiger partial charge in [-0.25, -0.2) is 9.37 Å². The number of rotatable bonds is 9. The maximum Gasteiger partial charge on any atom is 0.388 e. The highest BCUT2D eigenvalue weighted by atomic mass is 19.3. The van der Waals surface area contributed by atoms with Gasteiger partial charge in [0.15, 0.2) is 6.61 Å². The molecule has 2 aromatic rings. The number of aromatic nitrogens is 1. The molecule has 3 saturated carbocycles. The molecule has 1 aromatic heterocycles. The van der Waals surface area contributed by atoms with E-state index in [2.05, 4.69) is 20.4 Å². The Bertz CT molecular complexity index is 1050. The Hall–Kier alpha value is -3.30. The van der Waals surface area contributed by atoms with Crippen LogP contribution in [-0.2, 0) is 16.1 Å². The maximum atomic E-state index is 13.7. The van der Waals surface area contributed by atoms with E-state index in [1.807, 2.05) is 0 Å².